The summed E-state index contributed by atoms with van der Waals surface area (Å²) in [4.78, 5) is 10.9. The molecule has 23 heavy (non-hydrogen) atoms. The number of fused-ring (bicyclic) bond motifs is 1. The first-order valence-corrected chi connectivity index (χ1v) is 6.67. The summed E-state index contributed by atoms with van der Waals surface area (Å²) in [6.07, 6.45) is -4.96. The van der Waals surface area contributed by atoms with Crippen molar-refractivity contribution in [1.82, 2.24) is 9.78 Å². The zero-order valence-corrected chi connectivity index (χ0v) is 11.5. The molecule has 2 aromatic rings. The van der Waals surface area contributed by atoms with Gasteiger partial charge in [0.25, 0.3) is 0 Å². The molecule has 122 valence electrons. The first-order valence-electron chi connectivity index (χ1n) is 6.67. The molecule has 2 N–H and O–H groups in total. The first-order chi connectivity index (χ1) is 10.8. The summed E-state index contributed by atoms with van der Waals surface area (Å²) < 4.78 is 53.5. The predicted molar refractivity (Wildman–Crippen MR) is 71.7 cm³/mol. The van der Waals surface area contributed by atoms with Gasteiger partial charge in [0.05, 0.1) is 6.04 Å². The Morgan fingerprint density at radius 3 is 2.52 bits per heavy atom. The van der Waals surface area contributed by atoms with Crippen LogP contribution in [0, 0.1) is 5.82 Å². The Kier molecular flexibility index (Phi) is 3.50. The molecule has 1 aliphatic heterocycles. The largest absolute Gasteiger partial charge is 0.476 e. The summed E-state index contributed by atoms with van der Waals surface area (Å²) in [6.45, 7) is 0. The molecular weight excluding hydrogens is 318 g/mol. The number of anilines is 1. The van der Waals surface area contributed by atoms with E-state index in [4.69, 9.17) is 5.11 Å². The molecule has 9 heteroatoms. The number of carboxylic acid groups (broad SMARTS) is 1. The topological polar surface area (TPSA) is 67.1 Å². The standard InChI is InChI=1S/C14H11F4N3O2/c15-8-3-1-7(2-4-8)9-5-11(14(16,17)18)21-12(19-9)6-10(20-21)13(22)23/h1-4,6,9,11,19H,5H2,(H,22,23)/t9-,11-/m0/s1. The average Bonchev–Trinajstić information content (AvgIpc) is 2.90. The molecule has 1 aromatic carbocycles. The fraction of sp³-hybridized carbons (Fsp3) is 0.286. The van der Waals surface area contributed by atoms with Gasteiger partial charge in [-0.15, -0.1) is 0 Å². The Morgan fingerprint density at radius 2 is 1.96 bits per heavy atom. The fourth-order valence-electron chi connectivity index (χ4n) is 2.59. The third-order valence-electron chi connectivity index (χ3n) is 3.68. The van der Waals surface area contributed by atoms with E-state index in [2.05, 4.69) is 10.4 Å². The molecule has 3 rings (SSSR count). The van der Waals surface area contributed by atoms with Crippen molar-refractivity contribution in [2.45, 2.75) is 24.7 Å². The van der Waals surface area contributed by atoms with Gasteiger partial charge in [-0.3, -0.25) is 0 Å². The minimum Gasteiger partial charge on any atom is -0.476 e. The van der Waals surface area contributed by atoms with Crippen LogP contribution in [0.15, 0.2) is 30.3 Å². The number of benzene rings is 1. The number of aromatic carboxylic acids is 1. The fourth-order valence-corrected chi connectivity index (χ4v) is 2.59. The molecule has 0 radical (unpaired) electrons. The molecule has 1 aliphatic rings. The van der Waals surface area contributed by atoms with Crippen LogP contribution in [0.1, 0.15) is 34.6 Å². The lowest BCUT2D eigenvalue weighted by Gasteiger charge is -2.33. The Hall–Kier alpha value is -2.58. The number of nitrogens with zero attached hydrogens (tertiary/aromatic N) is 2. The van der Waals surface area contributed by atoms with Crippen LogP contribution in [0.25, 0.3) is 0 Å². The van der Waals surface area contributed by atoms with Crippen LogP contribution in [-0.2, 0) is 0 Å². The lowest BCUT2D eigenvalue weighted by Crippen LogP contribution is -2.35. The lowest BCUT2D eigenvalue weighted by atomic mass is 9.97. The van der Waals surface area contributed by atoms with E-state index in [9.17, 15) is 22.4 Å². The molecule has 2 heterocycles. The second-order valence-electron chi connectivity index (χ2n) is 5.21. The van der Waals surface area contributed by atoms with Crippen LogP contribution >= 0.6 is 0 Å². The summed E-state index contributed by atoms with van der Waals surface area (Å²) in [6, 6.07) is 3.48. The predicted octanol–water partition coefficient (Wildman–Crippen LogP) is 3.38. The first kappa shape index (κ1) is 15.3. The monoisotopic (exact) mass is 329 g/mol. The van der Waals surface area contributed by atoms with Crippen LogP contribution in [0.4, 0.5) is 23.4 Å². The quantitative estimate of drug-likeness (QED) is 0.829. The Balaban J connectivity index is 2.01. The van der Waals surface area contributed by atoms with Crippen molar-refractivity contribution in [3.8, 4) is 0 Å². The smallest absolute Gasteiger partial charge is 0.410 e. The average molecular weight is 329 g/mol. The van der Waals surface area contributed by atoms with E-state index in [0.717, 1.165) is 18.2 Å². The number of carbonyl (C=O) groups is 1. The van der Waals surface area contributed by atoms with E-state index >= 15 is 0 Å². The van der Waals surface area contributed by atoms with Crippen LogP contribution in [0.2, 0.25) is 0 Å². The van der Waals surface area contributed by atoms with Crippen LogP contribution in [-0.4, -0.2) is 27.0 Å². The second kappa shape index (κ2) is 5.25. The normalized spacial score (nSPS) is 20.7. The number of alkyl halides is 3. The Bertz CT molecular complexity index is 739. The number of hydrogen-bond acceptors (Lipinski definition) is 3. The van der Waals surface area contributed by atoms with Gasteiger partial charge in [-0.05, 0) is 17.7 Å². The van der Waals surface area contributed by atoms with Gasteiger partial charge in [0, 0.05) is 12.5 Å². The Morgan fingerprint density at radius 1 is 1.30 bits per heavy atom. The number of aromatic nitrogens is 2. The minimum atomic E-state index is -4.59. The van der Waals surface area contributed by atoms with Crippen molar-refractivity contribution in [2.75, 3.05) is 5.32 Å². The number of rotatable bonds is 2. The third-order valence-corrected chi connectivity index (χ3v) is 3.68. The van der Waals surface area contributed by atoms with Gasteiger partial charge in [-0.2, -0.15) is 18.3 Å². The minimum absolute atomic E-state index is 0.0368. The van der Waals surface area contributed by atoms with Gasteiger partial charge in [-0.25, -0.2) is 13.9 Å². The van der Waals surface area contributed by atoms with Crippen molar-refractivity contribution in [3.05, 3.63) is 47.4 Å². The number of carboxylic acids is 1. The SMILES string of the molecule is O=C(O)c1cc2n(n1)[C@H](C(F)(F)F)C[C@@H](c1ccc(F)cc1)N2. The molecule has 0 saturated heterocycles. The molecule has 0 spiro atoms. The molecule has 0 fully saturated rings. The second-order valence-corrected chi connectivity index (χ2v) is 5.21. The van der Waals surface area contributed by atoms with E-state index in [0.29, 0.717) is 10.2 Å². The number of nitrogens with one attached hydrogen (secondary N) is 1. The van der Waals surface area contributed by atoms with Crippen LogP contribution < -0.4 is 5.32 Å². The zero-order valence-electron chi connectivity index (χ0n) is 11.5. The molecule has 0 bridgehead atoms. The molecular formula is C14H11F4N3O2. The number of halogens is 4. The Labute approximate surface area is 127 Å². The van der Waals surface area contributed by atoms with E-state index in [1.54, 1.807) is 0 Å². The maximum Gasteiger partial charge on any atom is 0.410 e. The van der Waals surface area contributed by atoms with E-state index in [-0.39, 0.29) is 12.2 Å². The third kappa shape index (κ3) is 2.86. The van der Waals surface area contributed by atoms with Crippen LogP contribution in [0.3, 0.4) is 0 Å². The van der Waals surface area contributed by atoms with E-state index in [1.807, 2.05) is 0 Å². The van der Waals surface area contributed by atoms with Crippen LogP contribution in [0.5, 0.6) is 0 Å². The molecule has 0 aliphatic carbocycles. The van der Waals surface area contributed by atoms with Gasteiger partial charge < -0.3 is 10.4 Å². The highest BCUT2D eigenvalue weighted by Gasteiger charge is 2.46. The van der Waals surface area contributed by atoms with Crippen molar-refractivity contribution in [1.29, 1.82) is 0 Å². The summed E-state index contributed by atoms with van der Waals surface area (Å²) in [5.41, 5.74) is 0.00600. The van der Waals surface area contributed by atoms with E-state index in [1.165, 1.54) is 12.1 Å². The summed E-state index contributed by atoms with van der Waals surface area (Å²) in [7, 11) is 0. The molecule has 0 amide bonds. The maximum atomic E-state index is 13.3. The van der Waals surface area contributed by atoms with Gasteiger partial charge in [0.15, 0.2) is 11.7 Å². The maximum absolute atomic E-state index is 13.3. The van der Waals surface area contributed by atoms with Gasteiger partial charge in [0.2, 0.25) is 0 Å². The summed E-state index contributed by atoms with van der Waals surface area (Å²) in [5.74, 6) is -1.94. The summed E-state index contributed by atoms with van der Waals surface area (Å²) in [5, 5.41) is 15.2. The highest BCUT2D eigenvalue weighted by Crippen LogP contribution is 2.43. The van der Waals surface area contributed by atoms with Crippen molar-refractivity contribution in [2.24, 2.45) is 0 Å². The van der Waals surface area contributed by atoms with Gasteiger partial charge in [-0.1, -0.05) is 12.1 Å². The highest BCUT2D eigenvalue weighted by molar-refractivity contribution is 5.86. The lowest BCUT2D eigenvalue weighted by molar-refractivity contribution is -0.173. The van der Waals surface area contributed by atoms with E-state index < -0.39 is 35.7 Å². The highest BCUT2D eigenvalue weighted by atomic mass is 19.4. The summed E-state index contributed by atoms with van der Waals surface area (Å²) >= 11 is 0. The molecule has 0 unspecified atom stereocenters. The van der Waals surface area contributed by atoms with Gasteiger partial charge in [0.1, 0.15) is 11.6 Å². The van der Waals surface area contributed by atoms with Crippen molar-refractivity contribution < 1.29 is 27.5 Å². The molecule has 2 atom stereocenters. The van der Waals surface area contributed by atoms with Crippen molar-refractivity contribution >= 4 is 11.8 Å². The van der Waals surface area contributed by atoms with Gasteiger partial charge >= 0.3 is 12.1 Å². The zero-order chi connectivity index (χ0) is 16.8. The molecule has 1 aromatic heterocycles. The van der Waals surface area contributed by atoms with Crippen molar-refractivity contribution in [3.63, 3.8) is 0 Å². The number of hydrogen-bond donors (Lipinski definition) is 2. The molecule has 0 saturated carbocycles. The molecule has 5 nitrogen and oxygen atoms in total.